The largest absolute Gasteiger partial charge is 0.481 e. The van der Waals surface area contributed by atoms with Crippen LogP contribution in [0.5, 0.6) is 5.75 Å². The number of amides is 1. The normalized spacial score (nSPS) is 10.5. The van der Waals surface area contributed by atoms with E-state index in [0.717, 1.165) is 0 Å². The highest BCUT2D eigenvalue weighted by atomic mass is 79.9. The predicted octanol–water partition coefficient (Wildman–Crippen LogP) is 3.55. The summed E-state index contributed by atoms with van der Waals surface area (Å²) in [6.45, 7) is -0.310. The van der Waals surface area contributed by atoms with Crippen LogP contribution in [0.4, 0.5) is 10.1 Å². The molecular weight excluding hydrogens is 365 g/mol. The quantitative estimate of drug-likeness (QED) is 0.757. The Hall–Kier alpha value is -2.54. The third-order valence-corrected chi connectivity index (χ3v) is 3.52. The van der Waals surface area contributed by atoms with Gasteiger partial charge in [-0.1, -0.05) is 15.9 Å². The molecule has 0 saturated heterocycles. The molecule has 1 aromatic carbocycles. The number of aromatic nitrogens is 2. The van der Waals surface area contributed by atoms with Crippen molar-refractivity contribution in [3.05, 3.63) is 59.1 Å². The van der Waals surface area contributed by atoms with Crippen LogP contribution in [0.15, 0.2) is 53.3 Å². The number of carbonyl (C=O) groups is 1. The summed E-state index contributed by atoms with van der Waals surface area (Å²) >= 11 is 3.16. The molecule has 7 heteroatoms. The van der Waals surface area contributed by atoms with E-state index in [1.165, 1.54) is 12.1 Å². The predicted molar refractivity (Wildman–Crippen MR) is 87.8 cm³/mol. The van der Waals surface area contributed by atoms with Gasteiger partial charge in [0, 0.05) is 16.9 Å². The zero-order chi connectivity index (χ0) is 16.2. The number of hydrogen-bond acceptors (Lipinski definition) is 4. The molecule has 5 nitrogen and oxygen atoms in total. The molecule has 0 atom stereocenters. The first-order valence-corrected chi connectivity index (χ1v) is 7.50. The SMILES string of the molecule is O=C(COc1ccc(Br)cc1F)Nc1ccnc2cccnc12. The maximum absolute atomic E-state index is 13.6. The van der Waals surface area contributed by atoms with Crippen molar-refractivity contribution < 1.29 is 13.9 Å². The molecule has 1 amide bonds. The van der Waals surface area contributed by atoms with Gasteiger partial charge < -0.3 is 10.1 Å². The van der Waals surface area contributed by atoms with E-state index in [0.29, 0.717) is 21.2 Å². The number of nitrogens with one attached hydrogen (secondary N) is 1. The van der Waals surface area contributed by atoms with Gasteiger partial charge in [-0.15, -0.1) is 0 Å². The summed E-state index contributed by atoms with van der Waals surface area (Å²) in [4.78, 5) is 20.3. The van der Waals surface area contributed by atoms with Crippen molar-refractivity contribution in [2.45, 2.75) is 0 Å². The number of benzene rings is 1. The van der Waals surface area contributed by atoms with Crippen molar-refractivity contribution in [3.8, 4) is 5.75 Å². The summed E-state index contributed by atoms with van der Waals surface area (Å²) in [5.41, 5.74) is 1.78. The van der Waals surface area contributed by atoms with Crippen molar-refractivity contribution in [1.29, 1.82) is 0 Å². The minimum Gasteiger partial charge on any atom is -0.481 e. The number of nitrogens with zero attached hydrogens (tertiary/aromatic N) is 2. The molecule has 2 heterocycles. The molecule has 2 aromatic heterocycles. The molecule has 116 valence electrons. The Labute approximate surface area is 139 Å². The molecule has 0 aliphatic rings. The summed E-state index contributed by atoms with van der Waals surface area (Å²) in [6.07, 6.45) is 3.20. The molecule has 1 N–H and O–H groups in total. The minimum absolute atomic E-state index is 0.0149. The summed E-state index contributed by atoms with van der Waals surface area (Å²) in [5.74, 6) is -0.935. The van der Waals surface area contributed by atoms with E-state index < -0.39 is 11.7 Å². The van der Waals surface area contributed by atoms with Crippen molar-refractivity contribution in [2.24, 2.45) is 0 Å². The summed E-state index contributed by atoms with van der Waals surface area (Å²) < 4.78 is 19.4. The second-order valence-corrected chi connectivity index (χ2v) is 5.56. The van der Waals surface area contributed by atoms with Crippen molar-refractivity contribution >= 4 is 38.6 Å². The van der Waals surface area contributed by atoms with Gasteiger partial charge in [0.05, 0.1) is 11.2 Å². The molecule has 0 aliphatic heterocycles. The standard InChI is InChI=1S/C16H11BrFN3O2/c17-10-3-4-14(11(18)8-10)23-9-15(22)21-13-5-7-19-12-2-1-6-20-16(12)13/h1-8H,9H2,(H,19,21,22). The van der Waals surface area contributed by atoms with E-state index in [1.54, 1.807) is 36.7 Å². The number of fused-ring (bicyclic) bond motifs is 1. The lowest BCUT2D eigenvalue weighted by Gasteiger charge is -2.09. The lowest BCUT2D eigenvalue weighted by atomic mass is 10.3. The zero-order valence-corrected chi connectivity index (χ0v) is 13.4. The fourth-order valence-corrected chi connectivity index (χ4v) is 2.34. The highest BCUT2D eigenvalue weighted by Gasteiger charge is 2.10. The van der Waals surface area contributed by atoms with Gasteiger partial charge in [-0.3, -0.25) is 14.8 Å². The number of hydrogen-bond donors (Lipinski definition) is 1. The van der Waals surface area contributed by atoms with Crippen LogP contribution in [0.3, 0.4) is 0 Å². The second-order valence-electron chi connectivity index (χ2n) is 4.64. The molecule has 0 spiro atoms. The van der Waals surface area contributed by atoms with E-state index in [2.05, 4.69) is 31.2 Å². The first kappa shape index (κ1) is 15.4. The summed E-state index contributed by atoms with van der Waals surface area (Å²) in [7, 11) is 0. The smallest absolute Gasteiger partial charge is 0.262 e. The fraction of sp³-hybridized carbons (Fsp3) is 0.0625. The number of halogens is 2. The average Bonchev–Trinajstić information content (AvgIpc) is 2.54. The number of pyridine rings is 2. The summed E-state index contributed by atoms with van der Waals surface area (Å²) in [6, 6.07) is 9.57. The third kappa shape index (κ3) is 3.62. The Balaban J connectivity index is 1.69. The Morgan fingerprint density at radius 1 is 1.22 bits per heavy atom. The molecule has 3 aromatic rings. The van der Waals surface area contributed by atoms with Gasteiger partial charge in [0.2, 0.25) is 0 Å². The Bertz CT molecular complexity index is 868. The van der Waals surface area contributed by atoms with Crippen molar-refractivity contribution in [3.63, 3.8) is 0 Å². The molecule has 0 radical (unpaired) electrons. The minimum atomic E-state index is -0.539. The van der Waals surface area contributed by atoms with Crippen LogP contribution in [0.2, 0.25) is 0 Å². The fourth-order valence-electron chi connectivity index (χ4n) is 2.00. The lowest BCUT2D eigenvalue weighted by molar-refractivity contribution is -0.118. The number of ether oxygens (including phenoxy) is 1. The average molecular weight is 376 g/mol. The molecule has 0 aliphatic carbocycles. The van der Waals surface area contributed by atoms with Crippen LogP contribution in [0.1, 0.15) is 0 Å². The van der Waals surface area contributed by atoms with Gasteiger partial charge in [0.25, 0.3) is 5.91 Å². The first-order valence-electron chi connectivity index (χ1n) is 6.71. The third-order valence-electron chi connectivity index (χ3n) is 3.02. The number of carbonyl (C=O) groups excluding carboxylic acids is 1. The Kier molecular flexibility index (Phi) is 4.47. The van der Waals surface area contributed by atoms with Crippen LogP contribution in [-0.2, 0) is 4.79 Å². The van der Waals surface area contributed by atoms with Gasteiger partial charge in [0.15, 0.2) is 18.2 Å². The van der Waals surface area contributed by atoms with Gasteiger partial charge >= 0.3 is 0 Å². The van der Waals surface area contributed by atoms with Gasteiger partial charge in [-0.25, -0.2) is 4.39 Å². The van der Waals surface area contributed by atoms with E-state index >= 15 is 0 Å². The number of rotatable bonds is 4. The van der Waals surface area contributed by atoms with Crippen molar-refractivity contribution in [2.75, 3.05) is 11.9 Å². The monoisotopic (exact) mass is 375 g/mol. The van der Waals surface area contributed by atoms with E-state index in [1.807, 2.05) is 0 Å². The summed E-state index contributed by atoms with van der Waals surface area (Å²) in [5, 5.41) is 2.69. The van der Waals surface area contributed by atoms with E-state index in [9.17, 15) is 9.18 Å². The molecule has 3 rings (SSSR count). The maximum Gasteiger partial charge on any atom is 0.262 e. The molecular formula is C16H11BrFN3O2. The topological polar surface area (TPSA) is 64.1 Å². The van der Waals surface area contributed by atoms with Crippen LogP contribution in [0.25, 0.3) is 11.0 Å². The molecule has 0 fully saturated rings. The van der Waals surface area contributed by atoms with Gasteiger partial charge in [0.1, 0.15) is 5.52 Å². The second kappa shape index (κ2) is 6.70. The lowest BCUT2D eigenvalue weighted by Crippen LogP contribution is -2.20. The zero-order valence-electron chi connectivity index (χ0n) is 11.8. The van der Waals surface area contributed by atoms with Crippen LogP contribution < -0.4 is 10.1 Å². The molecule has 0 saturated carbocycles. The molecule has 0 bridgehead atoms. The number of anilines is 1. The molecule has 23 heavy (non-hydrogen) atoms. The van der Waals surface area contributed by atoms with Gasteiger partial charge in [-0.05, 0) is 36.4 Å². The molecule has 0 unspecified atom stereocenters. The van der Waals surface area contributed by atoms with Crippen LogP contribution in [-0.4, -0.2) is 22.5 Å². The highest BCUT2D eigenvalue weighted by molar-refractivity contribution is 9.10. The van der Waals surface area contributed by atoms with E-state index in [4.69, 9.17) is 4.74 Å². The van der Waals surface area contributed by atoms with Crippen molar-refractivity contribution in [1.82, 2.24) is 9.97 Å². The van der Waals surface area contributed by atoms with E-state index in [-0.39, 0.29) is 12.4 Å². The maximum atomic E-state index is 13.6. The Morgan fingerprint density at radius 2 is 2.09 bits per heavy atom. The highest BCUT2D eigenvalue weighted by Crippen LogP contribution is 2.22. The Morgan fingerprint density at radius 3 is 2.91 bits per heavy atom. The van der Waals surface area contributed by atoms with Gasteiger partial charge in [-0.2, -0.15) is 0 Å². The first-order chi connectivity index (χ1) is 11.1. The van der Waals surface area contributed by atoms with Crippen LogP contribution >= 0.6 is 15.9 Å². The van der Waals surface area contributed by atoms with Crippen LogP contribution in [0, 0.1) is 5.82 Å².